The summed E-state index contributed by atoms with van der Waals surface area (Å²) < 4.78 is 7.27. The molecule has 0 saturated heterocycles. The highest BCUT2D eigenvalue weighted by molar-refractivity contribution is 6.04. The van der Waals surface area contributed by atoms with E-state index in [0.29, 0.717) is 35.1 Å². The van der Waals surface area contributed by atoms with Gasteiger partial charge in [-0.1, -0.05) is 36.4 Å². The van der Waals surface area contributed by atoms with E-state index >= 15 is 0 Å². The summed E-state index contributed by atoms with van der Waals surface area (Å²) >= 11 is 0. The first-order chi connectivity index (χ1) is 15.7. The van der Waals surface area contributed by atoms with Crippen molar-refractivity contribution in [2.24, 2.45) is 5.73 Å². The monoisotopic (exact) mass is 428 g/mol. The molecule has 5 rings (SSSR count). The molecule has 0 bridgehead atoms. The third-order valence-corrected chi connectivity index (χ3v) is 5.78. The molecule has 8 heteroatoms. The lowest BCUT2D eigenvalue weighted by molar-refractivity contribution is 0.100. The number of para-hydroxylation sites is 1. The van der Waals surface area contributed by atoms with Crippen molar-refractivity contribution in [1.82, 2.24) is 19.5 Å². The van der Waals surface area contributed by atoms with Crippen LogP contribution in [-0.4, -0.2) is 32.5 Å². The summed E-state index contributed by atoms with van der Waals surface area (Å²) in [5.41, 5.74) is 10.4. The van der Waals surface area contributed by atoms with E-state index in [1.54, 1.807) is 16.7 Å². The first-order valence-corrected chi connectivity index (χ1v) is 10.7. The number of hydrogen-bond acceptors (Lipinski definition) is 6. The lowest BCUT2D eigenvalue weighted by Crippen LogP contribution is -2.16. The van der Waals surface area contributed by atoms with Crippen LogP contribution in [0.2, 0.25) is 0 Å². The number of nitrogens with zero attached hydrogens (tertiary/aromatic N) is 4. The summed E-state index contributed by atoms with van der Waals surface area (Å²) in [4.78, 5) is 26.2. The predicted octanol–water partition coefficient (Wildman–Crippen LogP) is 3.41. The van der Waals surface area contributed by atoms with Crippen molar-refractivity contribution in [3.63, 3.8) is 0 Å². The Morgan fingerprint density at radius 2 is 1.88 bits per heavy atom. The van der Waals surface area contributed by atoms with E-state index in [1.807, 2.05) is 24.3 Å². The van der Waals surface area contributed by atoms with Crippen molar-refractivity contribution in [2.45, 2.75) is 32.2 Å². The zero-order chi connectivity index (χ0) is 22.1. The number of imidazole rings is 1. The molecule has 0 atom stereocenters. The molecule has 0 unspecified atom stereocenters. The summed E-state index contributed by atoms with van der Waals surface area (Å²) in [5, 5.41) is 3.51. The van der Waals surface area contributed by atoms with Gasteiger partial charge in [-0.3, -0.25) is 4.79 Å². The van der Waals surface area contributed by atoms with Gasteiger partial charge in [0.05, 0.1) is 23.9 Å². The summed E-state index contributed by atoms with van der Waals surface area (Å²) in [6, 6.07) is 15.8. The van der Waals surface area contributed by atoms with Crippen molar-refractivity contribution in [3.8, 4) is 12.0 Å². The minimum absolute atomic E-state index is 0.304. The Bertz CT molecular complexity index is 1300. The van der Waals surface area contributed by atoms with E-state index < -0.39 is 5.91 Å². The van der Waals surface area contributed by atoms with Gasteiger partial charge in [-0.25, -0.2) is 9.55 Å². The number of carbonyl (C=O) groups is 1. The summed E-state index contributed by atoms with van der Waals surface area (Å²) in [7, 11) is 1.54. The number of fused-ring (bicyclic) bond motifs is 2. The van der Waals surface area contributed by atoms with Gasteiger partial charge in [0.25, 0.3) is 5.91 Å². The van der Waals surface area contributed by atoms with Crippen LogP contribution in [0, 0.1) is 0 Å². The predicted molar refractivity (Wildman–Crippen MR) is 122 cm³/mol. The zero-order valence-electron chi connectivity index (χ0n) is 17.8. The number of aryl methyl sites for hydroxylation is 1. The SMILES string of the molecule is COc1nc2c(C(N)=O)cccc2n1-c1nc2c(c(NCc3ccccc3)n1)CCCC2. The second kappa shape index (κ2) is 8.30. The van der Waals surface area contributed by atoms with Crippen molar-refractivity contribution < 1.29 is 9.53 Å². The fourth-order valence-electron chi connectivity index (χ4n) is 4.22. The Labute approximate surface area is 185 Å². The molecule has 2 aromatic heterocycles. The van der Waals surface area contributed by atoms with Gasteiger partial charge in [-0.15, -0.1) is 0 Å². The molecule has 8 nitrogen and oxygen atoms in total. The number of nitrogens with one attached hydrogen (secondary N) is 1. The van der Waals surface area contributed by atoms with Crippen LogP contribution in [-0.2, 0) is 19.4 Å². The standard InChI is InChI=1S/C24H24N6O2/c1-32-24-28-20-17(21(25)31)11-7-13-19(20)30(24)23-27-18-12-6-5-10-16(18)22(29-23)26-14-15-8-3-2-4-9-15/h2-4,7-9,11,13H,5-6,10,12,14H2,1H3,(H2,25,31)(H,26,27,29). The molecule has 3 N–H and O–H groups in total. The minimum atomic E-state index is -0.542. The van der Waals surface area contributed by atoms with Gasteiger partial charge >= 0.3 is 6.01 Å². The number of ether oxygens (including phenoxy) is 1. The number of nitrogens with two attached hydrogens (primary N) is 1. The Kier molecular flexibility index (Phi) is 5.18. The summed E-state index contributed by atoms with van der Waals surface area (Å²) in [6.45, 7) is 0.664. The molecule has 4 aromatic rings. The maximum atomic E-state index is 11.9. The topological polar surface area (TPSA) is 108 Å². The molecule has 0 aliphatic heterocycles. The third-order valence-electron chi connectivity index (χ3n) is 5.78. The average molecular weight is 428 g/mol. The highest BCUT2D eigenvalue weighted by Gasteiger charge is 2.23. The number of carbonyl (C=O) groups excluding carboxylic acids is 1. The summed E-state index contributed by atoms with van der Waals surface area (Å²) in [5.74, 6) is 0.741. The van der Waals surface area contributed by atoms with Crippen molar-refractivity contribution in [3.05, 3.63) is 70.9 Å². The molecular weight excluding hydrogens is 404 g/mol. The van der Waals surface area contributed by atoms with Crippen molar-refractivity contribution in [2.75, 3.05) is 12.4 Å². The lowest BCUT2D eigenvalue weighted by Gasteiger charge is -2.20. The highest BCUT2D eigenvalue weighted by Crippen LogP contribution is 2.31. The zero-order valence-corrected chi connectivity index (χ0v) is 17.8. The molecule has 0 saturated carbocycles. The van der Waals surface area contributed by atoms with Gasteiger partial charge in [-0.05, 0) is 43.4 Å². The van der Waals surface area contributed by atoms with Gasteiger partial charge < -0.3 is 15.8 Å². The van der Waals surface area contributed by atoms with Gasteiger partial charge in [0.1, 0.15) is 11.3 Å². The molecule has 0 spiro atoms. The third kappa shape index (κ3) is 3.53. The van der Waals surface area contributed by atoms with Crippen molar-refractivity contribution in [1.29, 1.82) is 0 Å². The Balaban J connectivity index is 1.64. The van der Waals surface area contributed by atoms with Crippen molar-refractivity contribution >= 4 is 22.8 Å². The van der Waals surface area contributed by atoms with E-state index in [0.717, 1.165) is 42.8 Å². The van der Waals surface area contributed by atoms with Crippen LogP contribution in [0.1, 0.15) is 40.0 Å². The molecule has 2 aromatic carbocycles. The summed E-state index contributed by atoms with van der Waals surface area (Å²) in [6.07, 6.45) is 4.05. The number of benzene rings is 2. The fraction of sp³-hybridized carbons (Fsp3) is 0.250. The van der Waals surface area contributed by atoms with E-state index in [-0.39, 0.29) is 0 Å². The van der Waals surface area contributed by atoms with Gasteiger partial charge in [0, 0.05) is 12.1 Å². The molecule has 2 heterocycles. The van der Waals surface area contributed by atoms with Crippen LogP contribution < -0.4 is 15.8 Å². The highest BCUT2D eigenvalue weighted by atomic mass is 16.5. The largest absolute Gasteiger partial charge is 0.468 e. The quantitative estimate of drug-likeness (QED) is 0.487. The molecule has 162 valence electrons. The molecule has 1 amide bonds. The Morgan fingerprint density at radius 3 is 2.66 bits per heavy atom. The molecule has 32 heavy (non-hydrogen) atoms. The van der Waals surface area contributed by atoms with Crippen LogP contribution in [0.15, 0.2) is 48.5 Å². The number of aromatic nitrogens is 4. The number of rotatable bonds is 6. The van der Waals surface area contributed by atoms with Crippen LogP contribution in [0.5, 0.6) is 6.01 Å². The minimum Gasteiger partial charge on any atom is -0.468 e. The maximum Gasteiger partial charge on any atom is 0.304 e. The van der Waals surface area contributed by atoms with Crippen LogP contribution >= 0.6 is 0 Å². The van der Waals surface area contributed by atoms with E-state index in [4.69, 9.17) is 20.4 Å². The second-order valence-electron chi connectivity index (χ2n) is 7.82. The number of anilines is 1. The van der Waals surface area contributed by atoms with E-state index in [1.165, 1.54) is 12.7 Å². The Morgan fingerprint density at radius 1 is 1.06 bits per heavy atom. The molecular formula is C24H24N6O2. The van der Waals surface area contributed by atoms with Crippen LogP contribution in [0.3, 0.4) is 0 Å². The molecule has 1 aliphatic rings. The number of amides is 1. The van der Waals surface area contributed by atoms with Crippen LogP contribution in [0.25, 0.3) is 17.0 Å². The molecule has 0 fully saturated rings. The van der Waals surface area contributed by atoms with Gasteiger partial charge in [-0.2, -0.15) is 9.97 Å². The maximum absolute atomic E-state index is 11.9. The fourth-order valence-corrected chi connectivity index (χ4v) is 4.22. The normalized spacial score (nSPS) is 13.0. The number of methoxy groups -OCH3 is 1. The van der Waals surface area contributed by atoms with E-state index in [9.17, 15) is 4.79 Å². The average Bonchev–Trinajstić information content (AvgIpc) is 3.21. The first kappa shape index (κ1) is 20.0. The number of hydrogen-bond donors (Lipinski definition) is 2. The van der Waals surface area contributed by atoms with Gasteiger partial charge in [0.15, 0.2) is 0 Å². The lowest BCUT2D eigenvalue weighted by atomic mass is 9.96. The first-order valence-electron chi connectivity index (χ1n) is 10.7. The second-order valence-corrected chi connectivity index (χ2v) is 7.82. The smallest absolute Gasteiger partial charge is 0.304 e. The van der Waals surface area contributed by atoms with Crippen LogP contribution in [0.4, 0.5) is 5.82 Å². The molecule has 0 radical (unpaired) electrons. The Hall–Kier alpha value is -3.94. The van der Waals surface area contributed by atoms with Gasteiger partial charge in [0.2, 0.25) is 5.95 Å². The molecule has 1 aliphatic carbocycles. The number of primary amides is 1. The van der Waals surface area contributed by atoms with E-state index in [2.05, 4.69) is 22.4 Å².